The van der Waals surface area contributed by atoms with Gasteiger partial charge in [0, 0.05) is 16.4 Å². The first kappa shape index (κ1) is 14.1. The Morgan fingerprint density at radius 1 is 1.00 bits per heavy atom. The largest absolute Gasteiger partial charge is 0.280 e. The van der Waals surface area contributed by atoms with Crippen LogP contribution in [0.4, 0.5) is 0 Å². The number of rotatable bonds is 4. The standard InChI is InChI=1S/C10H10N2S3.2Al/c13-4-9-10(5-14)12-8-3-6(15)1-2-7(8)11-9;;/h1-3,13-15H,4-5H2;;/q;2*+1/p-2. The Morgan fingerprint density at radius 2 is 1.59 bits per heavy atom. The van der Waals surface area contributed by atoms with Gasteiger partial charge in [-0.15, -0.1) is 12.6 Å². The molecule has 0 aliphatic carbocycles. The summed E-state index contributed by atoms with van der Waals surface area (Å²) in [6, 6.07) is 5.88. The van der Waals surface area contributed by atoms with Gasteiger partial charge < -0.3 is 0 Å². The summed E-state index contributed by atoms with van der Waals surface area (Å²) in [7, 11) is 3.38. The number of thiol groups is 1. The molecule has 0 atom stereocenters. The second kappa shape index (κ2) is 6.73. The maximum Gasteiger partial charge on any atom is 0.233 e. The van der Waals surface area contributed by atoms with Gasteiger partial charge in [-0.2, -0.15) is 0 Å². The highest BCUT2D eigenvalue weighted by Gasteiger charge is 2.07. The van der Waals surface area contributed by atoms with E-state index in [0.717, 1.165) is 38.8 Å². The Kier molecular flexibility index (Phi) is 5.58. The second-order valence-electron chi connectivity index (χ2n) is 3.41. The third-order valence-corrected chi connectivity index (χ3v) is 4.40. The Bertz CT molecular complexity index is 536. The second-order valence-corrected chi connectivity index (χ2v) is 7.17. The monoisotopic (exact) mass is 306 g/mol. The lowest BCUT2D eigenvalue weighted by Gasteiger charge is -2.09. The summed E-state index contributed by atoms with van der Waals surface area (Å²) in [5, 5.41) is 0. The van der Waals surface area contributed by atoms with E-state index in [1.165, 1.54) is 0 Å². The minimum atomic E-state index is 0.866. The SMILES string of the molecule is [Al][S]Cc1nc2ccc(S)cc2nc1C[S][Al]. The lowest BCUT2D eigenvalue weighted by Crippen LogP contribution is -2.00. The van der Waals surface area contributed by atoms with E-state index in [1.807, 2.05) is 18.2 Å². The van der Waals surface area contributed by atoms with Gasteiger partial charge in [-0.1, -0.05) is 0 Å². The molecule has 0 bridgehead atoms. The van der Waals surface area contributed by atoms with E-state index in [9.17, 15) is 0 Å². The van der Waals surface area contributed by atoms with Gasteiger partial charge in [0.25, 0.3) is 0 Å². The van der Waals surface area contributed by atoms with Crippen molar-refractivity contribution < 1.29 is 0 Å². The zero-order valence-corrected chi connectivity index (χ0v) is 13.8. The molecule has 0 aliphatic rings. The van der Waals surface area contributed by atoms with Crippen molar-refractivity contribution in [1.29, 1.82) is 0 Å². The third-order valence-electron chi connectivity index (χ3n) is 2.24. The van der Waals surface area contributed by atoms with Crippen LogP contribution in [0.25, 0.3) is 11.0 Å². The fraction of sp³-hybridized carbons (Fsp3) is 0.200. The van der Waals surface area contributed by atoms with E-state index in [1.54, 1.807) is 20.3 Å². The van der Waals surface area contributed by atoms with Crippen molar-refractivity contribution in [3.63, 3.8) is 0 Å². The quantitative estimate of drug-likeness (QED) is 0.693. The van der Waals surface area contributed by atoms with E-state index >= 15 is 0 Å². The van der Waals surface area contributed by atoms with Crippen molar-refractivity contribution in [3.05, 3.63) is 29.6 Å². The molecule has 0 amide bonds. The van der Waals surface area contributed by atoms with Crippen LogP contribution in [0.2, 0.25) is 0 Å². The number of hydrogen-bond acceptors (Lipinski definition) is 5. The molecule has 1 heterocycles. The van der Waals surface area contributed by atoms with Crippen LogP contribution in [0, 0.1) is 0 Å². The van der Waals surface area contributed by atoms with Gasteiger partial charge in [0.1, 0.15) is 0 Å². The van der Waals surface area contributed by atoms with Gasteiger partial charge in [0.05, 0.1) is 22.4 Å². The molecular weight excluding hydrogens is 298 g/mol. The topological polar surface area (TPSA) is 25.8 Å². The minimum absolute atomic E-state index is 0.866. The summed E-state index contributed by atoms with van der Waals surface area (Å²) >= 11 is 9.64. The van der Waals surface area contributed by atoms with Crippen LogP contribution in [0.1, 0.15) is 11.4 Å². The predicted octanol–water partition coefficient (Wildman–Crippen LogP) is 2.55. The molecule has 0 saturated heterocycles. The molecule has 82 valence electrons. The number of benzene rings is 1. The average Bonchev–Trinajstić information content (AvgIpc) is 2.31. The summed E-state index contributed by atoms with van der Waals surface area (Å²) in [5.41, 5.74) is 3.99. The lowest BCUT2D eigenvalue weighted by atomic mass is 10.2. The van der Waals surface area contributed by atoms with Crippen LogP contribution < -0.4 is 0 Å². The lowest BCUT2D eigenvalue weighted by molar-refractivity contribution is 1.07. The van der Waals surface area contributed by atoms with E-state index < -0.39 is 0 Å². The molecule has 2 rings (SSSR count). The molecule has 17 heavy (non-hydrogen) atoms. The molecule has 0 aliphatic heterocycles. The first-order valence-electron chi connectivity index (χ1n) is 4.86. The highest BCUT2D eigenvalue weighted by Crippen LogP contribution is 2.21. The highest BCUT2D eigenvalue weighted by molar-refractivity contribution is 8.19. The summed E-state index contributed by atoms with van der Waals surface area (Å²) < 4.78 is 0. The molecule has 0 N–H and O–H groups in total. The molecule has 1 aromatic heterocycles. The maximum absolute atomic E-state index is 4.68. The third kappa shape index (κ3) is 3.58. The molecule has 0 unspecified atom stereocenters. The van der Waals surface area contributed by atoms with Gasteiger partial charge in [-0.3, -0.25) is 20.3 Å². The molecule has 4 radical (unpaired) electrons. The van der Waals surface area contributed by atoms with Crippen LogP contribution in [0.5, 0.6) is 0 Å². The van der Waals surface area contributed by atoms with Gasteiger partial charge in [-0.05, 0) is 18.2 Å². The average molecular weight is 306 g/mol. The first-order valence-corrected chi connectivity index (χ1v) is 10.2. The van der Waals surface area contributed by atoms with E-state index in [-0.39, 0.29) is 0 Å². The van der Waals surface area contributed by atoms with Crippen molar-refractivity contribution in [2.45, 2.75) is 16.4 Å². The van der Waals surface area contributed by atoms with Crippen molar-refractivity contribution in [3.8, 4) is 0 Å². The molecule has 7 heteroatoms. The first-order chi connectivity index (χ1) is 8.24. The molecular formula is C10H8Al2N2S3. The Balaban J connectivity index is 2.55. The van der Waals surface area contributed by atoms with Gasteiger partial charge in [-0.25, -0.2) is 9.97 Å². The number of nitrogens with zero attached hydrogens (tertiary/aromatic N) is 2. The normalized spacial score (nSPS) is 10.9. The van der Waals surface area contributed by atoms with Crippen LogP contribution >= 0.6 is 32.9 Å². The Hall–Kier alpha value is 0.675. The van der Waals surface area contributed by atoms with Crippen molar-refractivity contribution in [1.82, 2.24) is 9.97 Å². The van der Waals surface area contributed by atoms with Crippen molar-refractivity contribution >= 4 is 74.2 Å². The zero-order valence-electron chi connectivity index (χ0n) is 8.96. The Labute approximate surface area is 129 Å². The van der Waals surface area contributed by atoms with E-state index in [2.05, 4.69) is 52.9 Å². The molecule has 1 aromatic carbocycles. The Morgan fingerprint density at radius 3 is 2.18 bits per heavy atom. The van der Waals surface area contributed by atoms with Crippen LogP contribution in [-0.4, -0.2) is 40.3 Å². The molecule has 0 fully saturated rings. The fourth-order valence-electron chi connectivity index (χ4n) is 1.50. The summed E-state index contributed by atoms with van der Waals surface area (Å²) in [4.78, 5) is 10.3. The molecule has 2 aromatic rings. The van der Waals surface area contributed by atoms with Gasteiger partial charge in [0.2, 0.25) is 30.3 Å². The molecule has 0 spiro atoms. The summed E-state index contributed by atoms with van der Waals surface area (Å²) in [6.07, 6.45) is 0. The summed E-state index contributed by atoms with van der Waals surface area (Å²) in [6.45, 7) is 0. The van der Waals surface area contributed by atoms with Crippen LogP contribution in [0.15, 0.2) is 23.1 Å². The summed E-state index contributed by atoms with van der Waals surface area (Å²) in [5.74, 6) is 1.74. The number of aromatic nitrogens is 2. The van der Waals surface area contributed by atoms with Crippen LogP contribution in [0.3, 0.4) is 0 Å². The number of fused-ring (bicyclic) bond motifs is 1. The fourth-order valence-corrected chi connectivity index (χ4v) is 3.43. The maximum atomic E-state index is 4.68. The highest BCUT2D eigenvalue weighted by atomic mass is 32.3. The molecule has 2 nitrogen and oxygen atoms in total. The molecule has 0 saturated carbocycles. The zero-order chi connectivity index (χ0) is 12.3. The predicted molar refractivity (Wildman–Crippen MR) is 80.9 cm³/mol. The van der Waals surface area contributed by atoms with Gasteiger partial charge >= 0.3 is 0 Å². The van der Waals surface area contributed by atoms with Crippen molar-refractivity contribution in [2.24, 2.45) is 0 Å². The van der Waals surface area contributed by atoms with E-state index in [0.29, 0.717) is 0 Å². The number of hydrogen-bond donors (Lipinski definition) is 1. The van der Waals surface area contributed by atoms with Gasteiger partial charge in [0.15, 0.2) is 0 Å². The smallest absolute Gasteiger partial charge is 0.233 e. The van der Waals surface area contributed by atoms with Crippen LogP contribution in [-0.2, 0) is 11.5 Å². The minimum Gasteiger partial charge on any atom is -0.280 e. The van der Waals surface area contributed by atoms with E-state index in [4.69, 9.17) is 0 Å². The van der Waals surface area contributed by atoms with Crippen molar-refractivity contribution in [2.75, 3.05) is 0 Å².